The maximum absolute atomic E-state index is 12.5. The van der Waals surface area contributed by atoms with Crippen molar-refractivity contribution in [1.82, 2.24) is 20.0 Å². The van der Waals surface area contributed by atoms with E-state index in [0.29, 0.717) is 17.6 Å². The monoisotopic (exact) mass is 290 g/mol. The second-order valence-electron chi connectivity index (χ2n) is 5.98. The minimum Gasteiger partial charge on any atom is -0.375 e. The lowest BCUT2D eigenvalue weighted by Gasteiger charge is -2.48. The van der Waals surface area contributed by atoms with Crippen molar-refractivity contribution < 1.29 is 9.53 Å². The highest BCUT2D eigenvalue weighted by molar-refractivity contribution is 5.93. The third kappa shape index (κ3) is 2.91. The van der Waals surface area contributed by atoms with Crippen molar-refractivity contribution in [2.75, 3.05) is 26.2 Å². The number of nitrogens with zero attached hydrogens (tertiary/aromatic N) is 4. The number of carbonyl (C=O) groups is 1. The van der Waals surface area contributed by atoms with Gasteiger partial charge in [-0.25, -0.2) is 0 Å². The highest BCUT2D eigenvalue weighted by atomic mass is 16.5. The zero-order valence-corrected chi connectivity index (χ0v) is 12.6. The van der Waals surface area contributed by atoms with E-state index in [-0.39, 0.29) is 12.0 Å². The van der Waals surface area contributed by atoms with Gasteiger partial charge in [-0.1, -0.05) is 0 Å². The molecule has 2 aliphatic heterocycles. The van der Waals surface area contributed by atoms with Crippen LogP contribution < -0.4 is 0 Å². The first-order chi connectivity index (χ1) is 10.2. The summed E-state index contributed by atoms with van der Waals surface area (Å²) in [4.78, 5) is 16.9. The summed E-state index contributed by atoms with van der Waals surface area (Å²) in [7, 11) is 0. The number of aromatic nitrogens is 2. The van der Waals surface area contributed by atoms with Crippen molar-refractivity contribution in [3.63, 3.8) is 0 Å². The molecule has 1 amide bonds. The van der Waals surface area contributed by atoms with Gasteiger partial charge < -0.3 is 9.64 Å². The molecule has 114 valence electrons. The number of ether oxygens (including phenoxy) is 1. The molecule has 6 nitrogen and oxygen atoms in total. The number of piperidine rings is 1. The van der Waals surface area contributed by atoms with Crippen LogP contribution in [0.5, 0.6) is 0 Å². The predicted molar refractivity (Wildman–Crippen MR) is 77.9 cm³/mol. The van der Waals surface area contributed by atoms with Gasteiger partial charge in [-0.05, 0) is 26.3 Å². The summed E-state index contributed by atoms with van der Waals surface area (Å²) in [5, 5.41) is 7.52. The molecule has 3 rings (SSSR count). The maximum atomic E-state index is 12.5. The van der Waals surface area contributed by atoms with Crippen LogP contribution in [0.3, 0.4) is 0 Å². The van der Waals surface area contributed by atoms with E-state index in [0.717, 1.165) is 32.7 Å². The number of rotatable bonds is 2. The molecule has 2 saturated heterocycles. The number of carbonyl (C=O) groups excluding carboxylic acids is 1. The van der Waals surface area contributed by atoms with Gasteiger partial charge in [0.05, 0.1) is 36.7 Å². The van der Waals surface area contributed by atoms with E-state index in [2.05, 4.69) is 28.9 Å². The normalized spacial score (nSPS) is 26.7. The van der Waals surface area contributed by atoms with E-state index >= 15 is 0 Å². The summed E-state index contributed by atoms with van der Waals surface area (Å²) in [5.74, 6) is 0.0395. The van der Waals surface area contributed by atoms with Gasteiger partial charge in [0.2, 0.25) is 0 Å². The van der Waals surface area contributed by atoms with Crippen molar-refractivity contribution in [3.05, 3.63) is 24.0 Å². The Labute approximate surface area is 125 Å². The fraction of sp³-hybridized carbons (Fsp3) is 0.667. The third-order valence-electron chi connectivity index (χ3n) is 4.41. The van der Waals surface area contributed by atoms with Crippen LogP contribution in [-0.4, -0.2) is 70.3 Å². The van der Waals surface area contributed by atoms with Crippen LogP contribution in [0.25, 0.3) is 0 Å². The Morgan fingerprint density at radius 3 is 2.95 bits per heavy atom. The van der Waals surface area contributed by atoms with Crippen LogP contribution >= 0.6 is 0 Å². The standard InChI is InChI=1S/C15H22N4O2/c1-11(2)19-7-8-21-14-4-6-18(10-13(14)19)15(20)12-3-5-16-17-9-12/h3,5,9,11,13-14H,4,6-8,10H2,1-2H3/t13-,14-/m1/s1. The Morgan fingerprint density at radius 1 is 1.38 bits per heavy atom. The fourth-order valence-electron chi connectivity index (χ4n) is 3.32. The zero-order valence-electron chi connectivity index (χ0n) is 12.6. The Morgan fingerprint density at radius 2 is 2.24 bits per heavy atom. The number of hydrogen-bond acceptors (Lipinski definition) is 5. The summed E-state index contributed by atoms with van der Waals surface area (Å²) in [6, 6.07) is 2.49. The summed E-state index contributed by atoms with van der Waals surface area (Å²) >= 11 is 0. The molecule has 2 aliphatic rings. The van der Waals surface area contributed by atoms with Gasteiger partial charge in [-0.2, -0.15) is 10.2 Å². The minimum atomic E-state index is 0.0395. The van der Waals surface area contributed by atoms with Gasteiger partial charge in [0.15, 0.2) is 0 Å². The zero-order chi connectivity index (χ0) is 14.8. The molecule has 2 atom stereocenters. The molecule has 3 heterocycles. The smallest absolute Gasteiger partial charge is 0.255 e. The average molecular weight is 290 g/mol. The van der Waals surface area contributed by atoms with Gasteiger partial charge >= 0.3 is 0 Å². The largest absolute Gasteiger partial charge is 0.375 e. The summed E-state index contributed by atoms with van der Waals surface area (Å²) in [6.45, 7) is 7.61. The van der Waals surface area contributed by atoms with Gasteiger partial charge in [-0.3, -0.25) is 9.69 Å². The first-order valence-corrected chi connectivity index (χ1v) is 7.60. The average Bonchev–Trinajstić information content (AvgIpc) is 2.53. The number of morpholine rings is 1. The van der Waals surface area contributed by atoms with E-state index in [1.165, 1.54) is 6.20 Å². The molecule has 21 heavy (non-hydrogen) atoms. The molecule has 0 aromatic carbocycles. The molecule has 0 unspecified atom stereocenters. The van der Waals surface area contributed by atoms with Gasteiger partial charge in [0.25, 0.3) is 5.91 Å². The van der Waals surface area contributed by atoms with Crippen molar-refractivity contribution in [2.24, 2.45) is 0 Å². The quantitative estimate of drug-likeness (QED) is 0.806. The number of amides is 1. The van der Waals surface area contributed by atoms with E-state index in [4.69, 9.17) is 4.74 Å². The van der Waals surface area contributed by atoms with E-state index < -0.39 is 0 Å². The maximum Gasteiger partial charge on any atom is 0.255 e. The molecule has 1 aromatic heterocycles. The van der Waals surface area contributed by atoms with Crippen LogP contribution in [0.15, 0.2) is 18.5 Å². The van der Waals surface area contributed by atoms with E-state index in [1.54, 1.807) is 12.3 Å². The number of hydrogen-bond donors (Lipinski definition) is 0. The van der Waals surface area contributed by atoms with Crippen LogP contribution in [0, 0.1) is 0 Å². The van der Waals surface area contributed by atoms with E-state index in [1.807, 2.05) is 4.90 Å². The Balaban J connectivity index is 1.73. The van der Waals surface area contributed by atoms with Crippen molar-refractivity contribution >= 4 is 5.91 Å². The molecule has 0 spiro atoms. The lowest BCUT2D eigenvalue weighted by molar-refractivity contribution is -0.107. The third-order valence-corrected chi connectivity index (χ3v) is 4.41. The lowest BCUT2D eigenvalue weighted by atomic mass is 9.97. The molecule has 2 fully saturated rings. The highest BCUT2D eigenvalue weighted by Crippen LogP contribution is 2.25. The predicted octanol–water partition coefficient (Wildman–Crippen LogP) is 0.800. The molecule has 0 N–H and O–H groups in total. The summed E-state index contributed by atoms with van der Waals surface area (Å²) in [5.41, 5.74) is 0.608. The minimum absolute atomic E-state index is 0.0395. The van der Waals surface area contributed by atoms with Gasteiger partial charge in [0, 0.05) is 25.7 Å². The van der Waals surface area contributed by atoms with Crippen molar-refractivity contribution in [3.8, 4) is 0 Å². The van der Waals surface area contributed by atoms with Gasteiger partial charge in [0.1, 0.15) is 0 Å². The van der Waals surface area contributed by atoms with Crippen molar-refractivity contribution in [1.29, 1.82) is 0 Å². The number of fused-ring (bicyclic) bond motifs is 1. The second-order valence-corrected chi connectivity index (χ2v) is 5.98. The molecular formula is C15H22N4O2. The molecule has 1 aromatic rings. The SMILES string of the molecule is CC(C)N1CCO[C@@H]2CCN(C(=O)c3ccnnc3)C[C@H]21. The highest BCUT2D eigenvalue weighted by Gasteiger charge is 2.39. The van der Waals surface area contributed by atoms with Crippen LogP contribution in [-0.2, 0) is 4.74 Å². The Kier molecular flexibility index (Phi) is 4.17. The lowest BCUT2D eigenvalue weighted by Crippen LogP contribution is -2.62. The summed E-state index contributed by atoms with van der Waals surface area (Å²) < 4.78 is 5.89. The summed E-state index contributed by atoms with van der Waals surface area (Å²) in [6.07, 6.45) is 4.25. The molecular weight excluding hydrogens is 268 g/mol. The van der Waals surface area contributed by atoms with Crippen LogP contribution in [0.1, 0.15) is 30.6 Å². The molecule has 6 heteroatoms. The molecule has 0 bridgehead atoms. The molecule has 0 aliphatic carbocycles. The molecule has 0 saturated carbocycles. The topological polar surface area (TPSA) is 58.6 Å². The fourth-order valence-corrected chi connectivity index (χ4v) is 3.32. The van der Waals surface area contributed by atoms with E-state index in [9.17, 15) is 4.79 Å². The Hall–Kier alpha value is -1.53. The first-order valence-electron chi connectivity index (χ1n) is 7.60. The van der Waals surface area contributed by atoms with Crippen LogP contribution in [0.4, 0.5) is 0 Å². The Bertz CT molecular complexity index is 494. The van der Waals surface area contributed by atoms with Crippen molar-refractivity contribution in [2.45, 2.75) is 38.5 Å². The first kappa shape index (κ1) is 14.4. The number of likely N-dealkylation sites (tertiary alicyclic amines) is 1. The van der Waals surface area contributed by atoms with Gasteiger partial charge in [-0.15, -0.1) is 0 Å². The van der Waals surface area contributed by atoms with Crippen LogP contribution in [0.2, 0.25) is 0 Å². The second kappa shape index (κ2) is 6.07. The molecule has 0 radical (unpaired) electrons.